The fraction of sp³-hybridized carbons (Fsp3) is 0.0769. The van der Waals surface area contributed by atoms with Crippen molar-refractivity contribution < 1.29 is 0 Å². The number of hydrogen-bond acceptors (Lipinski definition) is 2. The highest BCUT2D eigenvalue weighted by atomic mass is 79.9. The molecule has 0 aliphatic carbocycles. The van der Waals surface area contributed by atoms with Gasteiger partial charge in [0.1, 0.15) is 5.65 Å². The van der Waals surface area contributed by atoms with Crippen molar-refractivity contribution in [2.45, 2.75) is 5.88 Å². The fourth-order valence-electron chi connectivity index (χ4n) is 1.93. The summed E-state index contributed by atoms with van der Waals surface area (Å²) in [4.78, 5) is 8.74. The van der Waals surface area contributed by atoms with Crippen molar-refractivity contribution in [2.24, 2.45) is 0 Å². The van der Waals surface area contributed by atoms with E-state index in [0.717, 1.165) is 27.1 Å². The number of nitrogens with zero attached hydrogens (tertiary/aromatic N) is 3. The number of imidazole rings is 1. The second-order valence-corrected chi connectivity index (χ2v) is 5.04. The van der Waals surface area contributed by atoms with E-state index >= 15 is 0 Å². The van der Waals surface area contributed by atoms with E-state index in [2.05, 4.69) is 25.9 Å². The normalized spacial score (nSPS) is 11.0. The first-order valence-electron chi connectivity index (χ1n) is 5.42. The van der Waals surface area contributed by atoms with E-state index in [0.29, 0.717) is 5.88 Å². The molecule has 0 atom stereocenters. The Morgan fingerprint density at radius 2 is 2.17 bits per heavy atom. The number of aromatic nitrogens is 3. The van der Waals surface area contributed by atoms with Crippen LogP contribution < -0.4 is 0 Å². The smallest absolute Gasteiger partial charge is 0.137 e. The first kappa shape index (κ1) is 11.7. The molecule has 0 aliphatic rings. The van der Waals surface area contributed by atoms with Gasteiger partial charge in [0.15, 0.2) is 0 Å². The number of rotatable bonds is 2. The zero-order chi connectivity index (χ0) is 12.5. The van der Waals surface area contributed by atoms with Crippen LogP contribution in [0.2, 0.25) is 0 Å². The van der Waals surface area contributed by atoms with Gasteiger partial charge in [-0.3, -0.25) is 4.98 Å². The third-order valence-corrected chi connectivity index (χ3v) is 3.47. The molecule has 0 aliphatic heterocycles. The van der Waals surface area contributed by atoms with Crippen LogP contribution in [0.15, 0.2) is 47.3 Å². The molecule has 3 aromatic rings. The molecule has 0 radical (unpaired) electrons. The second kappa shape index (κ2) is 4.71. The van der Waals surface area contributed by atoms with Crippen LogP contribution in [0.25, 0.3) is 16.9 Å². The third-order valence-electron chi connectivity index (χ3n) is 2.74. The molecule has 0 unspecified atom stereocenters. The Hall–Kier alpha value is -1.39. The van der Waals surface area contributed by atoms with Gasteiger partial charge in [0.25, 0.3) is 0 Å². The number of fused-ring (bicyclic) bond motifs is 1. The SMILES string of the molecule is ClCc1c(-c2cccnc2)nc2ccc(Br)cn12. The highest BCUT2D eigenvalue weighted by Crippen LogP contribution is 2.26. The fourth-order valence-corrected chi connectivity index (χ4v) is 2.52. The summed E-state index contributed by atoms with van der Waals surface area (Å²) >= 11 is 9.52. The minimum Gasteiger partial charge on any atom is -0.301 e. The molecule has 0 amide bonds. The summed E-state index contributed by atoms with van der Waals surface area (Å²) in [6, 6.07) is 7.81. The Morgan fingerprint density at radius 3 is 2.89 bits per heavy atom. The maximum atomic E-state index is 6.06. The molecular weight excluding hydrogens is 314 g/mol. The van der Waals surface area contributed by atoms with Gasteiger partial charge in [-0.25, -0.2) is 4.98 Å². The maximum absolute atomic E-state index is 6.06. The molecule has 90 valence electrons. The Bertz CT molecular complexity index is 694. The van der Waals surface area contributed by atoms with E-state index < -0.39 is 0 Å². The topological polar surface area (TPSA) is 30.2 Å². The highest BCUT2D eigenvalue weighted by Gasteiger charge is 2.13. The Balaban J connectivity index is 2.30. The molecule has 5 heteroatoms. The lowest BCUT2D eigenvalue weighted by atomic mass is 10.2. The average molecular weight is 323 g/mol. The van der Waals surface area contributed by atoms with Gasteiger partial charge < -0.3 is 4.40 Å². The van der Waals surface area contributed by atoms with Crippen LogP contribution in [0.1, 0.15) is 5.69 Å². The molecule has 0 bridgehead atoms. The summed E-state index contributed by atoms with van der Waals surface area (Å²) in [7, 11) is 0. The predicted octanol–water partition coefficient (Wildman–Crippen LogP) is 3.90. The summed E-state index contributed by atoms with van der Waals surface area (Å²) in [5.74, 6) is 0.405. The maximum Gasteiger partial charge on any atom is 0.137 e. The highest BCUT2D eigenvalue weighted by molar-refractivity contribution is 9.10. The summed E-state index contributed by atoms with van der Waals surface area (Å²) in [5.41, 5.74) is 3.72. The minimum atomic E-state index is 0.405. The van der Waals surface area contributed by atoms with Crippen molar-refractivity contribution in [1.29, 1.82) is 0 Å². The van der Waals surface area contributed by atoms with Gasteiger partial charge in [-0.15, -0.1) is 11.6 Å². The molecule has 18 heavy (non-hydrogen) atoms. The van der Waals surface area contributed by atoms with E-state index in [1.54, 1.807) is 12.4 Å². The second-order valence-electron chi connectivity index (χ2n) is 3.86. The molecule has 0 saturated carbocycles. The number of halogens is 2. The minimum absolute atomic E-state index is 0.405. The Kier molecular flexibility index (Phi) is 3.06. The van der Waals surface area contributed by atoms with Crippen molar-refractivity contribution in [3.8, 4) is 11.3 Å². The molecule has 3 nitrogen and oxygen atoms in total. The van der Waals surface area contributed by atoms with E-state index in [9.17, 15) is 0 Å². The van der Waals surface area contributed by atoms with Crippen molar-refractivity contribution in [3.05, 3.63) is 53.0 Å². The van der Waals surface area contributed by atoms with Crippen molar-refractivity contribution in [2.75, 3.05) is 0 Å². The molecular formula is C13H9BrClN3. The largest absolute Gasteiger partial charge is 0.301 e. The lowest BCUT2D eigenvalue weighted by Crippen LogP contribution is -1.91. The van der Waals surface area contributed by atoms with E-state index in [1.165, 1.54) is 0 Å². The van der Waals surface area contributed by atoms with Crippen LogP contribution in [0, 0.1) is 0 Å². The quantitative estimate of drug-likeness (QED) is 0.670. The van der Waals surface area contributed by atoms with Gasteiger partial charge >= 0.3 is 0 Å². The zero-order valence-corrected chi connectivity index (χ0v) is 11.7. The predicted molar refractivity (Wildman–Crippen MR) is 75.7 cm³/mol. The molecule has 0 N–H and O–H groups in total. The third kappa shape index (κ3) is 1.91. The van der Waals surface area contributed by atoms with Crippen LogP contribution in [-0.4, -0.2) is 14.4 Å². The molecule has 0 fully saturated rings. The number of pyridine rings is 2. The summed E-state index contributed by atoms with van der Waals surface area (Å²) in [6.45, 7) is 0. The van der Waals surface area contributed by atoms with Gasteiger partial charge in [0, 0.05) is 28.6 Å². The summed E-state index contributed by atoms with van der Waals surface area (Å²) in [5, 5.41) is 0. The molecule has 3 heterocycles. The lowest BCUT2D eigenvalue weighted by molar-refractivity contribution is 1.08. The van der Waals surface area contributed by atoms with Crippen LogP contribution >= 0.6 is 27.5 Å². The standard InChI is InChI=1S/C13H9BrClN3/c14-10-3-4-12-17-13(9-2-1-5-16-7-9)11(6-15)18(12)8-10/h1-5,7-8H,6H2. The zero-order valence-electron chi connectivity index (χ0n) is 9.35. The van der Waals surface area contributed by atoms with Crippen LogP contribution in [0.4, 0.5) is 0 Å². The Morgan fingerprint density at radius 1 is 1.28 bits per heavy atom. The van der Waals surface area contributed by atoms with Gasteiger partial charge in [-0.05, 0) is 40.2 Å². The molecule has 3 aromatic heterocycles. The lowest BCUT2D eigenvalue weighted by Gasteiger charge is -2.01. The van der Waals surface area contributed by atoms with E-state index in [1.807, 2.05) is 34.9 Å². The van der Waals surface area contributed by atoms with Crippen molar-refractivity contribution >= 4 is 33.2 Å². The Labute approximate surface area is 118 Å². The molecule has 0 aromatic carbocycles. The van der Waals surface area contributed by atoms with Crippen molar-refractivity contribution in [1.82, 2.24) is 14.4 Å². The van der Waals surface area contributed by atoms with Gasteiger partial charge in [0.2, 0.25) is 0 Å². The van der Waals surface area contributed by atoms with E-state index in [-0.39, 0.29) is 0 Å². The average Bonchev–Trinajstić information content (AvgIpc) is 2.77. The van der Waals surface area contributed by atoms with E-state index in [4.69, 9.17) is 11.6 Å². The van der Waals surface area contributed by atoms with Crippen LogP contribution in [0.3, 0.4) is 0 Å². The first-order valence-corrected chi connectivity index (χ1v) is 6.75. The number of alkyl halides is 1. The van der Waals surface area contributed by atoms with Crippen molar-refractivity contribution in [3.63, 3.8) is 0 Å². The monoisotopic (exact) mass is 321 g/mol. The molecule has 3 rings (SSSR count). The van der Waals surface area contributed by atoms with Crippen LogP contribution in [0.5, 0.6) is 0 Å². The van der Waals surface area contributed by atoms with Crippen LogP contribution in [-0.2, 0) is 5.88 Å². The van der Waals surface area contributed by atoms with Gasteiger partial charge in [-0.2, -0.15) is 0 Å². The summed E-state index contributed by atoms with van der Waals surface area (Å²) < 4.78 is 3.00. The summed E-state index contributed by atoms with van der Waals surface area (Å²) in [6.07, 6.45) is 5.52. The number of hydrogen-bond donors (Lipinski definition) is 0. The van der Waals surface area contributed by atoms with Gasteiger partial charge in [0.05, 0.1) is 17.3 Å². The van der Waals surface area contributed by atoms with Gasteiger partial charge in [-0.1, -0.05) is 0 Å². The molecule has 0 spiro atoms. The molecule has 0 saturated heterocycles. The first-order chi connectivity index (χ1) is 8.79.